The predicted molar refractivity (Wildman–Crippen MR) is 64.6 cm³/mol. The minimum atomic E-state index is 0.0997. The van der Waals surface area contributed by atoms with Gasteiger partial charge in [0.05, 0.1) is 5.56 Å². The van der Waals surface area contributed by atoms with Crippen molar-refractivity contribution in [1.82, 2.24) is 5.16 Å². The molecule has 1 aromatic heterocycles. The van der Waals surface area contributed by atoms with Crippen LogP contribution in [-0.4, -0.2) is 11.8 Å². The van der Waals surface area contributed by atoms with Crippen LogP contribution in [0.4, 0.5) is 0 Å². The molecule has 1 unspecified atom stereocenters. The van der Waals surface area contributed by atoms with Gasteiger partial charge in [-0.1, -0.05) is 35.5 Å². The van der Waals surface area contributed by atoms with Crippen LogP contribution in [0, 0.1) is 6.92 Å². The Morgan fingerprint density at radius 2 is 2.06 bits per heavy atom. The molecule has 3 rings (SSSR count). The molecule has 17 heavy (non-hydrogen) atoms. The second-order valence-corrected chi connectivity index (χ2v) is 4.37. The van der Waals surface area contributed by atoms with E-state index in [1.807, 2.05) is 25.1 Å². The molecule has 3 heteroatoms. The highest BCUT2D eigenvalue weighted by Gasteiger charge is 2.26. The molecule has 1 fully saturated rings. The van der Waals surface area contributed by atoms with Crippen molar-refractivity contribution in [2.45, 2.75) is 25.9 Å². The van der Waals surface area contributed by atoms with Crippen molar-refractivity contribution in [2.24, 2.45) is 0 Å². The van der Waals surface area contributed by atoms with E-state index in [0.29, 0.717) is 0 Å². The predicted octanol–water partition coefficient (Wildman–Crippen LogP) is 3.50. The SMILES string of the molecule is Cc1onc(C2CCCO2)c1-c1ccccc1. The summed E-state index contributed by atoms with van der Waals surface area (Å²) in [6.07, 6.45) is 2.24. The maximum atomic E-state index is 5.69. The van der Waals surface area contributed by atoms with Gasteiger partial charge in [-0.2, -0.15) is 0 Å². The highest BCUT2D eigenvalue weighted by atomic mass is 16.5. The lowest BCUT2D eigenvalue weighted by Crippen LogP contribution is -1.98. The Balaban J connectivity index is 2.06. The van der Waals surface area contributed by atoms with Crippen LogP contribution >= 0.6 is 0 Å². The highest BCUT2D eigenvalue weighted by Crippen LogP contribution is 2.36. The number of hydrogen-bond acceptors (Lipinski definition) is 3. The molecule has 0 bridgehead atoms. The number of benzene rings is 1. The van der Waals surface area contributed by atoms with Gasteiger partial charge in [-0.25, -0.2) is 0 Å². The van der Waals surface area contributed by atoms with Crippen LogP contribution < -0.4 is 0 Å². The summed E-state index contributed by atoms with van der Waals surface area (Å²) in [5, 5.41) is 4.17. The van der Waals surface area contributed by atoms with E-state index >= 15 is 0 Å². The van der Waals surface area contributed by atoms with E-state index in [9.17, 15) is 0 Å². The fourth-order valence-electron chi connectivity index (χ4n) is 2.36. The van der Waals surface area contributed by atoms with Crippen molar-refractivity contribution in [1.29, 1.82) is 0 Å². The summed E-state index contributed by atoms with van der Waals surface area (Å²) in [6, 6.07) is 10.2. The van der Waals surface area contributed by atoms with Gasteiger partial charge in [0.15, 0.2) is 0 Å². The number of nitrogens with zero attached hydrogens (tertiary/aromatic N) is 1. The van der Waals surface area contributed by atoms with Crippen molar-refractivity contribution in [3.8, 4) is 11.1 Å². The largest absolute Gasteiger partial charge is 0.372 e. The molecule has 0 spiro atoms. The molecule has 0 saturated carbocycles. The zero-order valence-corrected chi connectivity index (χ0v) is 9.85. The Morgan fingerprint density at radius 1 is 1.24 bits per heavy atom. The Hall–Kier alpha value is -1.61. The van der Waals surface area contributed by atoms with Crippen LogP contribution in [0.15, 0.2) is 34.9 Å². The van der Waals surface area contributed by atoms with Gasteiger partial charge in [-0.3, -0.25) is 0 Å². The summed E-state index contributed by atoms with van der Waals surface area (Å²) >= 11 is 0. The fourth-order valence-corrected chi connectivity index (χ4v) is 2.36. The van der Waals surface area contributed by atoms with E-state index in [0.717, 1.165) is 42.0 Å². The van der Waals surface area contributed by atoms with E-state index in [2.05, 4.69) is 17.3 Å². The topological polar surface area (TPSA) is 35.3 Å². The average Bonchev–Trinajstić information content (AvgIpc) is 2.98. The third-order valence-corrected chi connectivity index (χ3v) is 3.19. The van der Waals surface area contributed by atoms with Gasteiger partial charge in [-0.15, -0.1) is 0 Å². The van der Waals surface area contributed by atoms with Gasteiger partial charge >= 0.3 is 0 Å². The summed E-state index contributed by atoms with van der Waals surface area (Å²) in [7, 11) is 0. The van der Waals surface area contributed by atoms with Crippen molar-refractivity contribution in [3.05, 3.63) is 41.8 Å². The van der Waals surface area contributed by atoms with Gasteiger partial charge < -0.3 is 9.26 Å². The number of rotatable bonds is 2. The molecule has 1 aromatic carbocycles. The second kappa shape index (κ2) is 4.34. The molecule has 3 nitrogen and oxygen atoms in total. The van der Waals surface area contributed by atoms with Crippen LogP contribution in [0.5, 0.6) is 0 Å². The first-order chi connectivity index (χ1) is 8.36. The van der Waals surface area contributed by atoms with Crippen molar-refractivity contribution < 1.29 is 9.26 Å². The van der Waals surface area contributed by atoms with E-state index in [1.165, 1.54) is 0 Å². The van der Waals surface area contributed by atoms with Crippen LogP contribution in [0.2, 0.25) is 0 Å². The van der Waals surface area contributed by atoms with Crippen LogP contribution in [0.3, 0.4) is 0 Å². The summed E-state index contributed by atoms with van der Waals surface area (Å²) in [5.41, 5.74) is 3.19. The van der Waals surface area contributed by atoms with Gasteiger partial charge in [-0.05, 0) is 25.3 Å². The maximum Gasteiger partial charge on any atom is 0.141 e. The molecule has 2 aromatic rings. The maximum absolute atomic E-state index is 5.69. The lowest BCUT2D eigenvalue weighted by molar-refractivity contribution is 0.106. The van der Waals surface area contributed by atoms with E-state index in [4.69, 9.17) is 9.26 Å². The lowest BCUT2D eigenvalue weighted by Gasteiger charge is -2.08. The number of hydrogen-bond donors (Lipinski definition) is 0. The first-order valence-electron chi connectivity index (χ1n) is 5.99. The fraction of sp³-hybridized carbons (Fsp3) is 0.357. The molecule has 1 atom stereocenters. The lowest BCUT2D eigenvalue weighted by atomic mass is 10.00. The second-order valence-electron chi connectivity index (χ2n) is 4.37. The first kappa shape index (κ1) is 10.5. The minimum Gasteiger partial charge on any atom is -0.372 e. The van der Waals surface area contributed by atoms with Gasteiger partial charge in [0, 0.05) is 6.61 Å². The molecule has 0 N–H and O–H groups in total. The molecule has 0 aliphatic carbocycles. The van der Waals surface area contributed by atoms with Gasteiger partial charge in [0.25, 0.3) is 0 Å². The Kier molecular flexibility index (Phi) is 2.69. The average molecular weight is 229 g/mol. The van der Waals surface area contributed by atoms with Crippen LogP contribution in [0.25, 0.3) is 11.1 Å². The summed E-state index contributed by atoms with van der Waals surface area (Å²) in [4.78, 5) is 0. The molecular formula is C14H15NO2. The zero-order valence-electron chi connectivity index (χ0n) is 9.85. The monoisotopic (exact) mass is 229 g/mol. The summed E-state index contributed by atoms with van der Waals surface area (Å²) in [6.45, 7) is 2.78. The summed E-state index contributed by atoms with van der Waals surface area (Å²) in [5.74, 6) is 0.863. The molecular weight excluding hydrogens is 214 g/mol. The van der Waals surface area contributed by atoms with Crippen molar-refractivity contribution >= 4 is 0 Å². The van der Waals surface area contributed by atoms with Crippen LogP contribution in [0.1, 0.15) is 30.4 Å². The Labute approximate surface area is 100 Å². The third-order valence-electron chi connectivity index (χ3n) is 3.19. The standard InChI is InChI=1S/C14H15NO2/c1-10-13(11-6-3-2-4-7-11)14(15-17-10)12-8-5-9-16-12/h2-4,6-7,12H,5,8-9H2,1H3. The van der Waals surface area contributed by atoms with Crippen LogP contribution in [-0.2, 0) is 4.74 Å². The number of ether oxygens (including phenoxy) is 1. The summed E-state index contributed by atoms with van der Waals surface area (Å²) < 4.78 is 11.0. The Morgan fingerprint density at radius 3 is 2.76 bits per heavy atom. The third kappa shape index (κ3) is 1.87. The Bertz CT molecular complexity index is 498. The molecule has 0 radical (unpaired) electrons. The molecule has 1 saturated heterocycles. The molecule has 0 amide bonds. The zero-order chi connectivity index (χ0) is 11.7. The molecule has 1 aliphatic heterocycles. The van der Waals surface area contributed by atoms with E-state index in [1.54, 1.807) is 0 Å². The van der Waals surface area contributed by atoms with Crippen molar-refractivity contribution in [2.75, 3.05) is 6.61 Å². The number of aromatic nitrogens is 1. The van der Waals surface area contributed by atoms with Gasteiger partial charge in [0.1, 0.15) is 17.6 Å². The smallest absolute Gasteiger partial charge is 0.141 e. The van der Waals surface area contributed by atoms with E-state index in [-0.39, 0.29) is 6.10 Å². The van der Waals surface area contributed by atoms with Gasteiger partial charge in [0.2, 0.25) is 0 Å². The highest BCUT2D eigenvalue weighted by molar-refractivity contribution is 5.68. The first-order valence-corrected chi connectivity index (χ1v) is 5.99. The minimum absolute atomic E-state index is 0.0997. The van der Waals surface area contributed by atoms with Crippen molar-refractivity contribution in [3.63, 3.8) is 0 Å². The molecule has 2 heterocycles. The number of aryl methyl sites for hydroxylation is 1. The molecule has 88 valence electrons. The normalized spacial score (nSPS) is 19.7. The quantitative estimate of drug-likeness (QED) is 0.790. The molecule has 1 aliphatic rings. The van der Waals surface area contributed by atoms with E-state index < -0.39 is 0 Å².